The van der Waals surface area contributed by atoms with Gasteiger partial charge in [-0.1, -0.05) is 0 Å². The number of rotatable bonds is 4. The van der Waals surface area contributed by atoms with Crippen molar-refractivity contribution in [3.05, 3.63) is 34.7 Å². The van der Waals surface area contributed by atoms with Crippen LogP contribution in [0.25, 0.3) is 11.3 Å². The number of nitrogens with one attached hydrogen (secondary N) is 1. The van der Waals surface area contributed by atoms with Gasteiger partial charge in [-0.2, -0.15) is 0 Å². The van der Waals surface area contributed by atoms with Crippen LogP contribution in [0.15, 0.2) is 29.6 Å². The summed E-state index contributed by atoms with van der Waals surface area (Å²) in [6, 6.07) is 7.98. The minimum Gasteiger partial charge on any atom is -0.497 e. The molecule has 0 atom stereocenters. The maximum absolute atomic E-state index is 5.15. The molecule has 1 heterocycles. The number of hydrogen-bond acceptors (Lipinski definition) is 4. The second kappa shape index (κ2) is 5.08. The Balaban J connectivity index is 2.29. The van der Waals surface area contributed by atoms with Crippen LogP contribution in [0.4, 0.5) is 0 Å². The molecule has 0 saturated heterocycles. The molecule has 18 heavy (non-hydrogen) atoms. The molecule has 1 aromatic heterocycles. The van der Waals surface area contributed by atoms with E-state index in [1.165, 1.54) is 0 Å². The van der Waals surface area contributed by atoms with E-state index in [0.717, 1.165) is 22.0 Å². The number of ether oxygens (including phenoxy) is 1. The van der Waals surface area contributed by atoms with E-state index in [1.54, 1.807) is 18.4 Å². The van der Waals surface area contributed by atoms with E-state index in [9.17, 15) is 0 Å². The molecule has 1 aromatic carbocycles. The summed E-state index contributed by atoms with van der Waals surface area (Å²) in [5.41, 5.74) is 2.04. The van der Waals surface area contributed by atoms with Crippen molar-refractivity contribution in [1.82, 2.24) is 10.3 Å². The first-order valence-electron chi connectivity index (χ1n) is 5.86. The SMILES string of the molecule is CNC(C)(C)c1nc(-c2ccc(OC)cc2)cs1. The Labute approximate surface area is 112 Å². The quantitative estimate of drug-likeness (QED) is 0.918. The van der Waals surface area contributed by atoms with Gasteiger partial charge in [0, 0.05) is 10.9 Å². The van der Waals surface area contributed by atoms with Crippen LogP contribution in [-0.4, -0.2) is 19.1 Å². The summed E-state index contributed by atoms with van der Waals surface area (Å²) < 4.78 is 5.15. The van der Waals surface area contributed by atoms with Crippen molar-refractivity contribution in [2.75, 3.05) is 14.2 Å². The molecule has 0 fully saturated rings. The lowest BCUT2D eigenvalue weighted by Crippen LogP contribution is -2.32. The van der Waals surface area contributed by atoms with Gasteiger partial charge in [-0.05, 0) is 45.2 Å². The molecule has 0 spiro atoms. The highest BCUT2D eigenvalue weighted by Gasteiger charge is 2.21. The topological polar surface area (TPSA) is 34.2 Å². The molecule has 96 valence electrons. The van der Waals surface area contributed by atoms with Crippen LogP contribution in [0.2, 0.25) is 0 Å². The average molecular weight is 262 g/mol. The highest BCUT2D eigenvalue weighted by molar-refractivity contribution is 7.10. The molecule has 2 aromatic rings. The first kappa shape index (κ1) is 13.1. The van der Waals surface area contributed by atoms with Gasteiger partial charge in [-0.3, -0.25) is 0 Å². The van der Waals surface area contributed by atoms with Gasteiger partial charge >= 0.3 is 0 Å². The molecule has 0 amide bonds. The smallest absolute Gasteiger partial charge is 0.118 e. The monoisotopic (exact) mass is 262 g/mol. The van der Waals surface area contributed by atoms with Crippen LogP contribution in [-0.2, 0) is 5.54 Å². The third kappa shape index (κ3) is 2.54. The lowest BCUT2D eigenvalue weighted by atomic mass is 10.1. The zero-order chi connectivity index (χ0) is 13.2. The molecular formula is C14H18N2OS. The molecule has 0 saturated carbocycles. The number of aromatic nitrogens is 1. The summed E-state index contributed by atoms with van der Waals surface area (Å²) in [6.45, 7) is 4.26. The van der Waals surface area contributed by atoms with Crippen molar-refractivity contribution in [2.24, 2.45) is 0 Å². The fourth-order valence-electron chi connectivity index (χ4n) is 1.56. The Morgan fingerprint density at radius 2 is 1.89 bits per heavy atom. The molecule has 0 bridgehead atoms. The molecule has 2 rings (SSSR count). The van der Waals surface area contributed by atoms with Crippen LogP contribution in [0, 0.1) is 0 Å². The molecule has 0 aliphatic heterocycles. The van der Waals surface area contributed by atoms with Crippen LogP contribution in [0.1, 0.15) is 18.9 Å². The Hall–Kier alpha value is -1.39. The fourth-order valence-corrected chi connectivity index (χ4v) is 2.52. The molecule has 3 nitrogen and oxygen atoms in total. The first-order valence-corrected chi connectivity index (χ1v) is 6.74. The average Bonchev–Trinajstić information content (AvgIpc) is 2.89. The predicted molar refractivity (Wildman–Crippen MR) is 76.2 cm³/mol. The standard InChI is InChI=1S/C14H18N2OS/c1-14(2,15-3)13-16-12(9-18-13)10-5-7-11(17-4)8-6-10/h5-9,15H,1-4H3. The molecular weight excluding hydrogens is 244 g/mol. The normalized spacial score (nSPS) is 11.6. The number of hydrogen-bond donors (Lipinski definition) is 1. The van der Waals surface area contributed by atoms with Crippen molar-refractivity contribution in [3.8, 4) is 17.0 Å². The second-order valence-corrected chi connectivity index (χ2v) is 5.50. The van der Waals surface area contributed by atoms with E-state index in [0.29, 0.717) is 0 Å². The minimum atomic E-state index is -0.0879. The molecule has 0 unspecified atom stereocenters. The van der Waals surface area contributed by atoms with E-state index in [1.807, 2.05) is 31.3 Å². The van der Waals surface area contributed by atoms with Crippen molar-refractivity contribution in [2.45, 2.75) is 19.4 Å². The lowest BCUT2D eigenvalue weighted by molar-refractivity contribution is 0.415. The van der Waals surface area contributed by atoms with E-state index < -0.39 is 0 Å². The minimum absolute atomic E-state index is 0.0879. The van der Waals surface area contributed by atoms with Crippen LogP contribution < -0.4 is 10.1 Å². The maximum Gasteiger partial charge on any atom is 0.118 e. The predicted octanol–water partition coefficient (Wildman–Crippen LogP) is 3.27. The highest BCUT2D eigenvalue weighted by atomic mass is 32.1. The number of benzene rings is 1. The summed E-state index contributed by atoms with van der Waals surface area (Å²) in [4.78, 5) is 4.69. The van der Waals surface area contributed by atoms with Gasteiger partial charge in [0.15, 0.2) is 0 Å². The fraction of sp³-hybridized carbons (Fsp3) is 0.357. The lowest BCUT2D eigenvalue weighted by Gasteiger charge is -2.20. The maximum atomic E-state index is 5.15. The number of methoxy groups -OCH3 is 1. The van der Waals surface area contributed by atoms with Gasteiger partial charge in [-0.25, -0.2) is 4.98 Å². The zero-order valence-corrected chi connectivity index (χ0v) is 12.0. The summed E-state index contributed by atoms with van der Waals surface area (Å²) in [5.74, 6) is 0.866. The summed E-state index contributed by atoms with van der Waals surface area (Å²) in [7, 11) is 3.62. The van der Waals surface area contributed by atoms with Gasteiger partial charge in [0.25, 0.3) is 0 Å². The molecule has 4 heteroatoms. The van der Waals surface area contributed by atoms with Crippen LogP contribution >= 0.6 is 11.3 Å². The Bertz CT molecular complexity index is 517. The third-order valence-electron chi connectivity index (χ3n) is 3.05. The van der Waals surface area contributed by atoms with E-state index in [-0.39, 0.29) is 5.54 Å². The Morgan fingerprint density at radius 1 is 1.22 bits per heavy atom. The number of nitrogens with zero attached hydrogens (tertiary/aromatic N) is 1. The van der Waals surface area contributed by atoms with Crippen molar-refractivity contribution >= 4 is 11.3 Å². The molecule has 0 radical (unpaired) electrons. The van der Waals surface area contributed by atoms with Crippen LogP contribution in [0.5, 0.6) is 5.75 Å². The summed E-state index contributed by atoms with van der Waals surface area (Å²) in [6.07, 6.45) is 0. The van der Waals surface area contributed by atoms with Gasteiger partial charge < -0.3 is 10.1 Å². The largest absolute Gasteiger partial charge is 0.497 e. The van der Waals surface area contributed by atoms with Crippen molar-refractivity contribution in [3.63, 3.8) is 0 Å². The molecule has 0 aliphatic rings. The van der Waals surface area contributed by atoms with E-state index in [2.05, 4.69) is 24.5 Å². The van der Waals surface area contributed by atoms with E-state index >= 15 is 0 Å². The second-order valence-electron chi connectivity index (χ2n) is 4.64. The number of thiazole rings is 1. The van der Waals surface area contributed by atoms with Crippen LogP contribution in [0.3, 0.4) is 0 Å². The summed E-state index contributed by atoms with van der Waals surface area (Å²) >= 11 is 1.68. The Morgan fingerprint density at radius 3 is 2.44 bits per heavy atom. The van der Waals surface area contributed by atoms with Crippen molar-refractivity contribution < 1.29 is 4.74 Å². The van der Waals surface area contributed by atoms with Gasteiger partial charge in [0.1, 0.15) is 10.8 Å². The van der Waals surface area contributed by atoms with Crippen molar-refractivity contribution in [1.29, 1.82) is 0 Å². The van der Waals surface area contributed by atoms with Gasteiger partial charge in [0.2, 0.25) is 0 Å². The molecule has 0 aliphatic carbocycles. The highest BCUT2D eigenvalue weighted by Crippen LogP contribution is 2.29. The third-order valence-corrected chi connectivity index (χ3v) is 4.22. The van der Waals surface area contributed by atoms with Gasteiger partial charge in [-0.15, -0.1) is 11.3 Å². The zero-order valence-electron chi connectivity index (χ0n) is 11.2. The molecule has 1 N–H and O–H groups in total. The van der Waals surface area contributed by atoms with Gasteiger partial charge in [0.05, 0.1) is 18.3 Å². The van der Waals surface area contributed by atoms with E-state index in [4.69, 9.17) is 9.72 Å². The summed E-state index contributed by atoms with van der Waals surface area (Å²) in [5, 5.41) is 6.46. The Kier molecular flexibility index (Phi) is 3.68. The first-order chi connectivity index (χ1) is 8.56.